The number of ether oxygens (including phenoxy) is 2. The maximum atomic E-state index is 12.4. The zero-order valence-electron chi connectivity index (χ0n) is 13.3. The summed E-state index contributed by atoms with van der Waals surface area (Å²) in [5.74, 6) is 0.666. The molecule has 8 heteroatoms. The molecule has 0 aromatic heterocycles. The number of anilines is 1. The van der Waals surface area contributed by atoms with Gasteiger partial charge in [0.25, 0.3) is 0 Å². The molecule has 2 aromatic rings. The number of methoxy groups -OCH3 is 1. The summed E-state index contributed by atoms with van der Waals surface area (Å²) in [6.45, 7) is -2.98. The van der Waals surface area contributed by atoms with Crippen LogP contribution < -0.4 is 14.8 Å². The van der Waals surface area contributed by atoms with E-state index >= 15 is 0 Å². The average molecular weight is 388 g/mol. The van der Waals surface area contributed by atoms with Gasteiger partial charge in [0.2, 0.25) is 5.91 Å². The van der Waals surface area contributed by atoms with E-state index in [1.54, 1.807) is 18.2 Å². The Morgan fingerprint density at radius 3 is 2.56 bits per heavy atom. The molecule has 0 radical (unpaired) electrons. The zero-order valence-corrected chi connectivity index (χ0v) is 14.9. The molecule has 0 atom stereocenters. The molecule has 0 saturated heterocycles. The number of alkyl halides is 2. The van der Waals surface area contributed by atoms with Crippen molar-refractivity contribution in [2.75, 3.05) is 18.2 Å². The second kappa shape index (κ2) is 9.48. The first kappa shape index (κ1) is 19.3. The van der Waals surface area contributed by atoms with E-state index in [-0.39, 0.29) is 23.2 Å². The molecule has 2 aromatic carbocycles. The van der Waals surface area contributed by atoms with Gasteiger partial charge in [-0.3, -0.25) is 4.79 Å². The standard InChI is InChI=1S/C17H16ClF2NO3S/c1-23-14-7-6-13(8-15(14)24-17(19)20)21-16(22)10-25-9-11-2-4-12(18)5-3-11/h2-8,17H,9-10H2,1H3,(H,21,22). The molecule has 0 unspecified atom stereocenters. The van der Waals surface area contributed by atoms with Crippen molar-refractivity contribution in [2.45, 2.75) is 12.4 Å². The Morgan fingerprint density at radius 2 is 1.92 bits per heavy atom. The van der Waals surface area contributed by atoms with E-state index in [1.807, 2.05) is 12.1 Å². The van der Waals surface area contributed by atoms with Crippen LogP contribution in [-0.2, 0) is 10.5 Å². The van der Waals surface area contributed by atoms with Gasteiger partial charge in [0.15, 0.2) is 11.5 Å². The van der Waals surface area contributed by atoms with Crippen molar-refractivity contribution in [3.8, 4) is 11.5 Å². The number of nitrogens with one attached hydrogen (secondary N) is 1. The van der Waals surface area contributed by atoms with E-state index in [1.165, 1.54) is 31.0 Å². The topological polar surface area (TPSA) is 47.6 Å². The second-order valence-corrected chi connectivity index (χ2v) is 6.33. The molecular weight excluding hydrogens is 372 g/mol. The molecule has 0 aliphatic rings. The van der Waals surface area contributed by atoms with E-state index in [9.17, 15) is 13.6 Å². The van der Waals surface area contributed by atoms with Crippen molar-refractivity contribution in [3.63, 3.8) is 0 Å². The molecule has 0 bridgehead atoms. The SMILES string of the molecule is COc1ccc(NC(=O)CSCc2ccc(Cl)cc2)cc1OC(F)F. The lowest BCUT2D eigenvalue weighted by Gasteiger charge is -2.12. The van der Waals surface area contributed by atoms with E-state index in [0.29, 0.717) is 16.5 Å². The fourth-order valence-electron chi connectivity index (χ4n) is 1.98. The predicted molar refractivity (Wildman–Crippen MR) is 95.9 cm³/mol. The molecule has 0 spiro atoms. The van der Waals surface area contributed by atoms with Crippen LogP contribution >= 0.6 is 23.4 Å². The van der Waals surface area contributed by atoms with E-state index in [4.69, 9.17) is 16.3 Å². The van der Waals surface area contributed by atoms with Gasteiger partial charge < -0.3 is 14.8 Å². The largest absolute Gasteiger partial charge is 0.493 e. The molecular formula is C17H16ClF2NO3S. The number of benzene rings is 2. The van der Waals surface area contributed by atoms with Crippen LogP contribution in [0.25, 0.3) is 0 Å². The number of hydrogen-bond donors (Lipinski definition) is 1. The smallest absolute Gasteiger partial charge is 0.387 e. The molecule has 1 amide bonds. The molecule has 0 aliphatic carbocycles. The molecule has 0 heterocycles. The van der Waals surface area contributed by atoms with Gasteiger partial charge in [-0.2, -0.15) is 8.78 Å². The molecule has 0 aliphatic heterocycles. The average Bonchev–Trinajstić information content (AvgIpc) is 2.56. The van der Waals surface area contributed by atoms with Crippen LogP contribution in [0.5, 0.6) is 11.5 Å². The van der Waals surface area contributed by atoms with Crippen molar-refractivity contribution >= 4 is 35.0 Å². The van der Waals surface area contributed by atoms with Gasteiger partial charge in [0.1, 0.15) is 0 Å². The Morgan fingerprint density at radius 1 is 1.20 bits per heavy atom. The van der Waals surface area contributed by atoms with Crippen molar-refractivity contribution in [3.05, 3.63) is 53.1 Å². The summed E-state index contributed by atoms with van der Waals surface area (Å²) < 4.78 is 34.1. The number of carbonyl (C=O) groups is 1. The van der Waals surface area contributed by atoms with Gasteiger partial charge in [0, 0.05) is 22.5 Å². The van der Waals surface area contributed by atoms with Crippen molar-refractivity contribution in [2.24, 2.45) is 0 Å². The minimum Gasteiger partial charge on any atom is -0.493 e. The van der Waals surface area contributed by atoms with Crippen molar-refractivity contribution in [1.29, 1.82) is 0 Å². The minimum atomic E-state index is -2.98. The van der Waals surface area contributed by atoms with Gasteiger partial charge in [-0.05, 0) is 29.8 Å². The molecule has 25 heavy (non-hydrogen) atoms. The fraction of sp³-hybridized carbons (Fsp3) is 0.235. The van der Waals surface area contributed by atoms with Crippen LogP contribution in [0.2, 0.25) is 5.02 Å². The van der Waals surface area contributed by atoms with Crippen molar-refractivity contribution in [1.82, 2.24) is 0 Å². The quantitative estimate of drug-likeness (QED) is 0.705. The third-order valence-electron chi connectivity index (χ3n) is 3.08. The normalized spacial score (nSPS) is 10.6. The maximum absolute atomic E-state index is 12.4. The van der Waals surface area contributed by atoms with Gasteiger partial charge in [-0.15, -0.1) is 11.8 Å². The Balaban J connectivity index is 1.88. The first-order valence-electron chi connectivity index (χ1n) is 7.23. The monoisotopic (exact) mass is 387 g/mol. The van der Waals surface area contributed by atoms with Crippen LogP contribution in [-0.4, -0.2) is 25.4 Å². The van der Waals surface area contributed by atoms with Crippen LogP contribution in [0, 0.1) is 0 Å². The number of amides is 1. The minimum absolute atomic E-state index is 0.135. The van der Waals surface area contributed by atoms with Crippen LogP contribution in [0.1, 0.15) is 5.56 Å². The first-order valence-corrected chi connectivity index (χ1v) is 8.76. The highest BCUT2D eigenvalue weighted by Gasteiger charge is 2.12. The fourth-order valence-corrected chi connectivity index (χ4v) is 2.90. The Labute approximate surface area is 153 Å². The summed E-state index contributed by atoms with van der Waals surface area (Å²) in [5, 5.41) is 3.30. The highest BCUT2D eigenvalue weighted by atomic mass is 35.5. The number of thioether (sulfide) groups is 1. The summed E-state index contributed by atoms with van der Waals surface area (Å²) >= 11 is 7.25. The summed E-state index contributed by atoms with van der Waals surface area (Å²) in [4.78, 5) is 12.0. The highest BCUT2D eigenvalue weighted by molar-refractivity contribution is 7.99. The Bertz CT molecular complexity index is 714. The van der Waals surface area contributed by atoms with Crippen LogP contribution in [0.15, 0.2) is 42.5 Å². The summed E-state index contributed by atoms with van der Waals surface area (Å²) in [6.07, 6.45) is 0. The van der Waals surface area contributed by atoms with E-state index in [2.05, 4.69) is 10.1 Å². The van der Waals surface area contributed by atoms with Gasteiger partial charge in [0.05, 0.1) is 12.9 Å². The number of halogens is 3. The summed E-state index contributed by atoms with van der Waals surface area (Å²) in [6, 6.07) is 11.7. The lowest BCUT2D eigenvalue weighted by molar-refractivity contribution is -0.113. The zero-order chi connectivity index (χ0) is 18.2. The lowest BCUT2D eigenvalue weighted by atomic mass is 10.2. The molecule has 2 rings (SSSR count). The lowest BCUT2D eigenvalue weighted by Crippen LogP contribution is -2.14. The summed E-state index contributed by atoms with van der Waals surface area (Å²) in [7, 11) is 1.35. The number of hydrogen-bond acceptors (Lipinski definition) is 4. The Kier molecular flexibility index (Phi) is 7.33. The van der Waals surface area contributed by atoms with Crippen molar-refractivity contribution < 1.29 is 23.0 Å². The van der Waals surface area contributed by atoms with Crippen LogP contribution in [0.3, 0.4) is 0 Å². The number of carbonyl (C=O) groups excluding carboxylic acids is 1. The third kappa shape index (κ3) is 6.43. The maximum Gasteiger partial charge on any atom is 0.387 e. The number of rotatable bonds is 8. The molecule has 0 saturated carbocycles. The van der Waals surface area contributed by atoms with E-state index in [0.717, 1.165) is 5.56 Å². The van der Waals surface area contributed by atoms with E-state index < -0.39 is 6.61 Å². The molecule has 0 fully saturated rings. The second-order valence-electron chi connectivity index (χ2n) is 4.91. The molecule has 134 valence electrons. The van der Waals surface area contributed by atoms with Crippen LogP contribution in [0.4, 0.5) is 14.5 Å². The first-order chi connectivity index (χ1) is 12.0. The van der Waals surface area contributed by atoms with Gasteiger partial charge >= 0.3 is 6.61 Å². The van der Waals surface area contributed by atoms with Gasteiger partial charge in [-0.25, -0.2) is 0 Å². The highest BCUT2D eigenvalue weighted by Crippen LogP contribution is 2.31. The Hall–Kier alpha value is -1.99. The third-order valence-corrected chi connectivity index (χ3v) is 4.33. The molecule has 1 N–H and O–H groups in total. The predicted octanol–water partition coefficient (Wildman–Crippen LogP) is 4.82. The van der Waals surface area contributed by atoms with Gasteiger partial charge in [-0.1, -0.05) is 23.7 Å². The molecule has 4 nitrogen and oxygen atoms in total. The summed E-state index contributed by atoms with van der Waals surface area (Å²) in [5.41, 5.74) is 1.41.